The van der Waals surface area contributed by atoms with Gasteiger partial charge in [0.1, 0.15) is 0 Å². The molecule has 1 unspecified atom stereocenters. The van der Waals surface area contributed by atoms with Crippen LogP contribution in [0.1, 0.15) is 37.8 Å². The summed E-state index contributed by atoms with van der Waals surface area (Å²) in [6.45, 7) is 4.43. The molecule has 26 heavy (non-hydrogen) atoms. The Labute approximate surface area is 167 Å². The number of amides is 1. The Morgan fingerprint density at radius 1 is 1.31 bits per heavy atom. The van der Waals surface area contributed by atoms with Gasteiger partial charge in [-0.05, 0) is 32.6 Å². The van der Waals surface area contributed by atoms with Crippen LogP contribution in [0.3, 0.4) is 0 Å². The molecule has 3 N–H and O–H groups in total. The Morgan fingerprint density at radius 3 is 2.54 bits per heavy atom. The van der Waals surface area contributed by atoms with Crippen LogP contribution < -0.4 is 11.1 Å². The molecule has 0 aliphatic heterocycles. The fraction of sp³-hybridized carbons (Fsp3) is 0.474. The lowest BCUT2D eigenvalue weighted by Gasteiger charge is -2.29. The molecule has 144 valence electrons. The molecule has 1 aliphatic carbocycles. The fourth-order valence-electron chi connectivity index (χ4n) is 3.06. The van der Waals surface area contributed by atoms with Gasteiger partial charge in [-0.2, -0.15) is 0 Å². The first-order valence-electron chi connectivity index (χ1n) is 8.54. The number of rotatable bonds is 7. The molecule has 1 atom stereocenters. The van der Waals surface area contributed by atoms with Crippen LogP contribution >= 0.6 is 24.8 Å². The minimum Gasteiger partial charge on any atom is -0.440 e. The minimum atomic E-state index is -0.279. The normalized spacial score (nSPS) is 15.3. The van der Waals surface area contributed by atoms with Gasteiger partial charge in [-0.3, -0.25) is 4.79 Å². The number of carbonyl (C=O) groups is 1. The van der Waals surface area contributed by atoms with Crippen molar-refractivity contribution in [2.45, 2.75) is 45.1 Å². The van der Waals surface area contributed by atoms with E-state index in [4.69, 9.17) is 10.2 Å². The van der Waals surface area contributed by atoms with E-state index in [9.17, 15) is 4.79 Å². The average molecular weight is 400 g/mol. The Balaban J connectivity index is 0.00000169. The second kappa shape index (κ2) is 9.40. The quantitative estimate of drug-likeness (QED) is 0.743. The van der Waals surface area contributed by atoms with Gasteiger partial charge in [-0.15, -0.1) is 24.8 Å². The number of nitrogens with two attached hydrogens (primary N) is 1. The Hall–Kier alpha value is -1.56. The zero-order chi connectivity index (χ0) is 17.2. The monoisotopic (exact) mass is 399 g/mol. The molecule has 1 heterocycles. The summed E-state index contributed by atoms with van der Waals surface area (Å²) >= 11 is 0. The van der Waals surface area contributed by atoms with Crippen LogP contribution in [0, 0.1) is 12.8 Å². The SMILES string of the molecule is Cc1nc(CCC(=O)NC(C)(CN)C2CC2)oc1-c1ccccc1.Cl.Cl. The van der Waals surface area contributed by atoms with E-state index >= 15 is 0 Å². The first-order chi connectivity index (χ1) is 11.5. The molecule has 1 fully saturated rings. The largest absolute Gasteiger partial charge is 0.440 e. The number of hydrogen-bond acceptors (Lipinski definition) is 4. The topological polar surface area (TPSA) is 81.2 Å². The van der Waals surface area contributed by atoms with Crippen molar-refractivity contribution in [3.05, 3.63) is 41.9 Å². The summed E-state index contributed by atoms with van der Waals surface area (Å²) in [4.78, 5) is 16.7. The highest BCUT2D eigenvalue weighted by Crippen LogP contribution is 2.39. The molecule has 1 aliphatic rings. The zero-order valence-electron chi connectivity index (χ0n) is 15.2. The predicted molar refractivity (Wildman–Crippen MR) is 108 cm³/mol. The lowest BCUT2D eigenvalue weighted by molar-refractivity contribution is -0.123. The average Bonchev–Trinajstić information content (AvgIpc) is 3.38. The Morgan fingerprint density at radius 2 is 1.96 bits per heavy atom. The molecule has 0 bridgehead atoms. The third-order valence-corrected chi connectivity index (χ3v) is 4.77. The summed E-state index contributed by atoms with van der Waals surface area (Å²) in [7, 11) is 0. The van der Waals surface area contributed by atoms with Crippen LogP contribution in [0.5, 0.6) is 0 Å². The highest BCUT2D eigenvalue weighted by atomic mass is 35.5. The summed E-state index contributed by atoms with van der Waals surface area (Å²) in [5, 5.41) is 3.09. The van der Waals surface area contributed by atoms with Crippen molar-refractivity contribution in [1.82, 2.24) is 10.3 Å². The van der Waals surface area contributed by atoms with E-state index in [0.717, 1.165) is 29.9 Å². The van der Waals surface area contributed by atoms with E-state index in [2.05, 4.69) is 10.3 Å². The molecule has 0 spiro atoms. The highest BCUT2D eigenvalue weighted by Gasteiger charge is 2.41. The molecule has 1 amide bonds. The molecule has 0 saturated heterocycles. The van der Waals surface area contributed by atoms with Crippen molar-refractivity contribution >= 4 is 30.7 Å². The maximum Gasteiger partial charge on any atom is 0.220 e. The second-order valence-electron chi connectivity index (χ2n) is 6.83. The fourth-order valence-corrected chi connectivity index (χ4v) is 3.06. The van der Waals surface area contributed by atoms with Crippen LogP contribution in [0.2, 0.25) is 0 Å². The van der Waals surface area contributed by atoms with Crippen LogP contribution in [-0.4, -0.2) is 23.0 Å². The summed E-state index contributed by atoms with van der Waals surface area (Å²) in [6.07, 6.45) is 3.14. The van der Waals surface area contributed by atoms with Crippen molar-refractivity contribution in [3.8, 4) is 11.3 Å². The number of hydrogen-bond donors (Lipinski definition) is 2. The van der Waals surface area contributed by atoms with Crippen LogP contribution in [0.25, 0.3) is 11.3 Å². The second-order valence-corrected chi connectivity index (χ2v) is 6.83. The first kappa shape index (κ1) is 22.5. The molecule has 5 nitrogen and oxygen atoms in total. The van der Waals surface area contributed by atoms with Gasteiger partial charge < -0.3 is 15.5 Å². The first-order valence-corrected chi connectivity index (χ1v) is 8.54. The maximum atomic E-state index is 12.2. The zero-order valence-corrected chi connectivity index (χ0v) is 16.8. The number of aromatic nitrogens is 1. The van der Waals surface area contributed by atoms with Crippen LogP contribution in [-0.2, 0) is 11.2 Å². The summed E-state index contributed by atoms with van der Waals surface area (Å²) in [5.74, 6) is 1.89. The molecular weight excluding hydrogens is 373 g/mol. The number of carbonyl (C=O) groups excluding carboxylic acids is 1. The van der Waals surface area contributed by atoms with Gasteiger partial charge in [-0.1, -0.05) is 30.3 Å². The van der Waals surface area contributed by atoms with Crippen LogP contribution in [0.4, 0.5) is 0 Å². The van der Waals surface area contributed by atoms with Gasteiger partial charge in [-0.25, -0.2) is 4.98 Å². The number of oxazole rings is 1. The number of halogens is 2. The molecule has 1 aromatic heterocycles. The van der Waals surface area contributed by atoms with E-state index < -0.39 is 0 Å². The van der Waals surface area contributed by atoms with Crippen molar-refractivity contribution in [2.75, 3.05) is 6.54 Å². The van der Waals surface area contributed by atoms with Gasteiger partial charge >= 0.3 is 0 Å². The predicted octanol–water partition coefficient (Wildman–Crippen LogP) is 3.67. The molecular formula is C19H27Cl2N3O2. The van der Waals surface area contributed by atoms with E-state index in [1.54, 1.807) is 0 Å². The van der Waals surface area contributed by atoms with E-state index in [1.807, 2.05) is 44.2 Å². The summed E-state index contributed by atoms with van der Waals surface area (Å²) < 4.78 is 5.85. The molecule has 0 radical (unpaired) electrons. The minimum absolute atomic E-state index is 0. The van der Waals surface area contributed by atoms with Crippen molar-refractivity contribution in [2.24, 2.45) is 11.7 Å². The lowest BCUT2D eigenvalue weighted by Crippen LogP contribution is -2.53. The van der Waals surface area contributed by atoms with Gasteiger partial charge in [0.05, 0.1) is 11.2 Å². The van der Waals surface area contributed by atoms with Gasteiger partial charge in [0, 0.05) is 24.9 Å². The van der Waals surface area contributed by atoms with Crippen molar-refractivity contribution in [1.29, 1.82) is 0 Å². The third kappa shape index (κ3) is 5.22. The highest BCUT2D eigenvalue weighted by molar-refractivity contribution is 5.85. The lowest BCUT2D eigenvalue weighted by atomic mass is 9.95. The smallest absolute Gasteiger partial charge is 0.220 e. The van der Waals surface area contributed by atoms with Crippen molar-refractivity contribution in [3.63, 3.8) is 0 Å². The van der Waals surface area contributed by atoms with Crippen molar-refractivity contribution < 1.29 is 9.21 Å². The van der Waals surface area contributed by atoms with E-state index in [-0.39, 0.29) is 36.3 Å². The number of nitrogens with one attached hydrogen (secondary N) is 1. The Kier molecular flexibility index (Phi) is 8.13. The Bertz CT molecular complexity index is 717. The standard InChI is InChI=1S/C19H25N3O2.2ClH/c1-13-18(14-6-4-3-5-7-14)24-17(21-13)11-10-16(23)22-19(2,12-20)15-8-9-15;;/h3-7,15H,8-12,20H2,1-2H3,(H,22,23);2*1H. The van der Waals surface area contributed by atoms with Gasteiger partial charge in [0.2, 0.25) is 5.91 Å². The molecule has 2 aromatic rings. The van der Waals surface area contributed by atoms with E-state index in [1.165, 1.54) is 0 Å². The molecule has 3 rings (SSSR count). The summed E-state index contributed by atoms with van der Waals surface area (Å²) in [6, 6.07) is 9.89. The van der Waals surface area contributed by atoms with Crippen LogP contribution in [0.15, 0.2) is 34.7 Å². The van der Waals surface area contributed by atoms with E-state index in [0.29, 0.717) is 31.2 Å². The number of benzene rings is 1. The number of nitrogens with zero attached hydrogens (tertiary/aromatic N) is 1. The number of aryl methyl sites for hydroxylation is 2. The maximum absolute atomic E-state index is 12.2. The van der Waals surface area contributed by atoms with Gasteiger partial charge in [0.15, 0.2) is 11.7 Å². The molecule has 7 heteroatoms. The third-order valence-electron chi connectivity index (χ3n) is 4.77. The van der Waals surface area contributed by atoms with Gasteiger partial charge in [0.25, 0.3) is 0 Å². The molecule has 1 saturated carbocycles. The molecule has 1 aromatic carbocycles. The summed E-state index contributed by atoms with van der Waals surface area (Å²) in [5.41, 5.74) is 7.42.